The van der Waals surface area contributed by atoms with Crippen LogP contribution >= 0.6 is 11.3 Å². The van der Waals surface area contributed by atoms with Gasteiger partial charge in [-0.3, -0.25) is 4.79 Å². The third-order valence-electron chi connectivity index (χ3n) is 3.95. The van der Waals surface area contributed by atoms with Crippen molar-refractivity contribution in [1.29, 1.82) is 0 Å². The van der Waals surface area contributed by atoms with Crippen LogP contribution in [0.4, 0.5) is 19.0 Å². The number of aromatic nitrogens is 5. The van der Waals surface area contributed by atoms with Gasteiger partial charge in [0.25, 0.3) is 5.91 Å². The van der Waals surface area contributed by atoms with E-state index in [0.29, 0.717) is 16.1 Å². The minimum absolute atomic E-state index is 0.0463. The van der Waals surface area contributed by atoms with Crippen molar-refractivity contribution in [3.05, 3.63) is 58.6 Å². The Morgan fingerprint density at radius 3 is 2.61 bits per heavy atom. The van der Waals surface area contributed by atoms with E-state index < -0.39 is 17.6 Å². The van der Waals surface area contributed by atoms with Crippen molar-refractivity contribution in [2.75, 3.05) is 5.73 Å². The Morgan fingerprint density at radius 2 is 2.00 bits per heavy atom. The summed E-state index contributed by atoms with van der Waals surface area (Å²) in [5.41, 5.74) is 7.78. The van der Waals surface area contributed by atoms with Gasteiger partial charge in [0, 0.05) is 0 Å². The van der Waals surface area contributed by atoms with E-state index >= 15 is 0 Å². The molecular formula is C17H11F3N8O2S. The van der Waals surface area contributed by atoms with Crippen LogP contribution in [0.15, 0.2) is 51.5 Å². The summed E-state index contributed by atoms with van der Waals surface area (Å²) in [5.74, 6) is -0.689. The van der Waals surface area contributed by atoms with Gasteiger partial charge in [-0.1, -0.05) is 23.4 Å². The summed E-state index contributed by atoms with van der Waals surface area (Å²) in [4.78, 5) is 13.3. The summed E-state index contributed by atoms with van der Waals surface area (Å²) < 4.78 is 43.7. The van der Waals surface area contributed by atoms with E-state index in [1.165, 1.54) is 34.4 Å². The quantitative estimate of drug-likeness (QED) is 0.354. The van der Waals surface area contributed by atoms with Gasteiger partial charge < -0.3 is 5.73 Å². The number of nitrogens with zero attached hydrogens (tertiary/aromatic N) is 6. The van der Waals surface area contributed by atoms with Gasteiger partial charge in [0.2, 0.25) is 11.6 Å². The first-order chi connectivity index (χ1) is 14.8. The molecule has 1 amide bonds. The summed E-state index contributed by atoms with van der Waals surface area (Å²) in [7, 11) is 0. The minimum Gasteiger partial charge on any atom is -0.378 e. The largest absolute Gasteiger partial charge is 0.416 e. The molecule has 158 valence electrons. The zero-order valence-corrected chi connectivity index (χ0v) is 16.1. The molecule has 0 saturated carbocycles. The molecule has 0 spiro atoms. The fraction of sp³-hybridized carbons (Fsp3) is 0.0588. The number of halogens is 3. The third-order valence-corrected chi connectivity index (χ3v) is 4.83. The van der Waals surface area contributed by atoms with Crippen LogP contribution in [-0.4, -0.2) is 37.4 Å². The molecule has 4 rings (SSSR count). The van der Waals surface area contributed by atoms with E-state index in [1.54, 1.807) is 17.5 Å². The molecule has 0 atom stereocenters. The molecule has 31 heavy (non-hydrogen) atoms. The van der Waals surface area contributed by atoms with Gasteiger partial charge in [-0.15, -0.1) is 16.4 Å². The topological polar surface area (TPSA) is 137 Å². The van der Waals surface area contributed by atoms with Crippen molar-refractivity contribution in [2.24, 2.45) is 5.10 Å². The number of hydrogen-bond acceptors (Lipinski definition) is 9. The summed E-state index contributed by atoms with van der Waals surface area (Å²) in [6, 6.07) is 7.80. The van der Waals surface area contributed by atoms with Crippen LogP contribution in [-0.2, 0) is 6.18 Å². The van der Waals surface area contributed by atoms with Crippen LogP contribution in [0.5, 0.6) is 0 Å². The van der Waals surface area contributed by atoms with Crippen LogP contribution in [0.2, 0.25) is 0 Å². The number of hydrogen-bond donors (Lipinski definition) is 2. The number of rotatable bonds is 5. The minimum atomic E-state index is -4.43. The van der Waals surface area contributed by atoms with Gasteiger partial charge in [-0.05, 0) is 39.5 Å². The predicted octanol–water partition coefficient (Wildman–Crippen LogP) is 2.74. The lowest BCUT2D eigenvalue weighted by Gasteiger charge is -2.05. The van der Waals surface area contributed by atoms with E-state index in [-0.39, 0.29) is 17.3 Å². The summed E-state index contributed by atoms with van der Waals surface area (Å²) in [6.45, 7) is 0. The van der Waals surface area contributed by atoms with E-state index in [0.717, 1.165) is 12.1 Å². The Balaban J connectivity index is 1.57. The molecule has 0 aliphatic rings. The molecule has 0 saturated heterocycles. The Labute approximate surface area is 175 Å². The molecule has 0 aliphatic carbocycles. The average molecular weight is 448 g/mol. The number of nitrogens with one attached hydrogen (secondary N) is 1. The molecular weight excluding hydrogens is 437 g/mol. The molecule has 0 aliphatic heterocycles. The fourth-order valence-electron chi connectivity index (χ4n) is 2.53. The monoisotopic (exact) mass is 448 g/mol. The number of anilines is 1. The number of benzene rings is 1. The van der Waals surface area contributed by atoms with Crippen molar-refractivity contribution < 1.29 is 22.6 Å². The smallest absolute Gasteiger partial charge is 0.378 e. The lowest BCUT2D eigenvalue weighted by Crippen LogP contribution is -2.19. The van der Waals surface area contributed by atoms with Crippen molar-refractivity contribution in [1.82, 2.24) is 30.7 Å². The molecule has 3 N–H and O–H groups in total. The SMILES string of the molecule is Nc1nonc1-n1nnc(C(=O)N/N=C\c2ccc(C(F)(F)F)cc2)c1-c1cccs1. The number of carbonyl (C=O) groups is 1. The summed E-state index contributed by atoms with van der Waals surface area (Å²) in [6.07, 6.45) is -3.23. The second kappa shape index (κ2) is 7.98. The standard InChI is InChI=1S/C17H11F3N8O2S/c18-17(19,20)10-5-3-9(4-6-10)8-22-24-16(29)12-13(11-2-1-7-31-11)28(27-23-12)15-14(21)25-30-26-15/h1-8H,(H2,21,25)(H,24,29)/b22-8-. The highest BCUT2D eigenvalue weighted by Crippen LogP contribution is 2.30. The Hall–Kier alpha value is -4.07. The Kier molecular flexibility index (Phi) is 5.21. The first-order valence-corrected chi connectivity index (χ1v) is 9.31. The maximum atomic E-state index is 12.6. The highest BCUT2D eigenvalue weighted by molar-refractivity contribution is 7.13. The normalized spacial score (nSPS) is 11.8. The van der Waals surface area contributed by atoms with Gasteiger partial charge in [0.15, 0.2) is 5.69 Å². The van der Waals surface area contributed by atoms with E-state index in [1.807, 2.05) is 0 Å². The number of nitrogens with two attached hydrogens (primary N) is 1. The van der Waals surface area contributed by atoms with Crippen molar-refractivity contribution in [2.45, 2.75) is 6.18 Å². The molecule has 1 aromatic carbocycles. The predicted molar refractivity (Wildman–Crippen MR) is 103 cm³/mol. The molecule has 4 aromatic rings. The molecule has 10 nitrogen and oxygen atoms in total. The number of alkyl halides is 3. The second-order valence-electron chi connectivity index (χ2n) is 5.97. The summed E-state index contributed by atoms with van der Waals surface area (Å²) in [5, 5.41) is 20.5. The first-order valence-electron chi connectivity index (χ1n) is 8.43. The van der Waals surface area contributed by atoms with Crippen molar-refractivity contribution in [3.8, 4) is 16.4 Å². The zero-order chi connectivity index (χ0) is 22.0. The highest BCUT2D eigenvalue weighted by Gasteiger charge is 2.30. The fourth-order valence-corrected chi connectivity index (χ4v) is 3.29. The van der Waals surface area contributed by atoms with Gasteiger partial charge in [-0.25, -0.2) is 10.1 Å². The molecule has 3 aromatic heterocycles. The molecule has 3 heterocycles. The van der Waals surface area contributed by atoms with Gasteiger partial charge >= 0.3 is 6.18 Å². The maximum absolute atomic E-state index is 12.6. The van der Waals surface area contributed by atoms with E-state index in [2.05, 4.69) is 35.8 Å². The highest BCUT2D eigenvalue weighted by atomic mass is 32.1. The lowest BCUT2D eigenvalue weighted by atomic mass is 10.1. The zero-order valence-electron chi connectivity index (χ0n) is 15.2. The van der Waals surface area contributed by atoms with Crippen LogP contribution in [0, 0.1) is 0 Å². The molecule has 0 fully saturated rings. The lowest BCUT2D eigenvalue weighted by molar-refractivity contribution is -0.137. The number of nitrogen functional groups attached to an aromatic ring is 1. The Bertz CT molecular complexity index is 1230. The summed E-state index contributed by atoms with van der Waals surface area (Å²) >= 11 is 1.32. The van der Waals surface area contributed by atoms with Gasteiger partial charge in [-0.2, -0.15) is 23.0 Å². The van der Waals surface area contributed by atoms with E-state index in [4.69, 9.17) is 5.73 Å². The molecule has 0 unspecified atom stereocenters. The molecule has 14 heteroatoms. The maximum Gasteiger partial charge on any atom is 0.416 e. The van der Waals surface area contributed by atoms with E-state index in [9.17, 15) is 18.0 Å². The van der Waals surface area contributed by atoms with Crippen molar-refractivity contribution >= 4 is 29.3 Å². The number of hydrazone groups is 1. The average Bonchev–Trinajstić information content (AvgIpc) is 3.47. The first kappa shape index (κ1) is 20.2. The van der Waals surface area contributed by atoms with Crippen LogP contribution < -0.4 is 11.2 Å². The van der Waals surface area contributed by atoms with Gasteiger partial charge in [0.1, 0.15) is 5.69 Å². The van der Waals surface area contributed by atoms with Crippen LogP contribution in [0.25, 0.3) is 16.4 Å². The van der Waals surface area contributed by atoms with Crippen molar-refractivity contribution in [3.63, 3.8) is 0 Å². The van der Waals surface area contributed by atoms with Crippen LogP contribution in [0.3, 0.4) is 0 Å². The Morgan fingerprint density at radius 1 is 1.23 bits per heavy atom. The van der Waals surface area contributed by atoms with Gasteiger partial charge in [0.05, 0.1) is 16.7 Å². The second-order valence-corrected chi connectivity index (χ2v) is 6.92. The van der Waals surface area contributed by atoms with Crippen LogP contribution in [0.1, 0.15) is 21.6 Å². The number of carbonyl (C=O) groups excluding carboxylic acids is 1. The molecule has 0 radical (unpaired) electrons. The molecule has 0 bridgehead atoms. The third kappa shape index (κ3) is 4.13. The number of amides is 1. The number of thiophene rings is 1.